The van der Waals surface area contributed by atoms with E-state index < -0.39 is 22.7 Å². The Morgan fingerprint density at radius 2 is 2.00 bits per heavy atom. The van der Waals surface area contributed by atoms with Gasteiger partial charge in [0.1, 0.15) is 0 Å². The number of furan rings is 1. The number of aryl methyl sites for hydroxylation is 1. The summed E-state index contributed by atoms with van der Waals surface area (Å²) in [5, 5.41) is 8.86. The summed E-state index contributed by atoms with van der Waals surface area (Å²) < 4.78 is 17.2. The van der Waals surface area contributed by atoms with E-state index in [1.807, 2.05) is 0 Å². The Bertz CT molecular complexity index is 735. The fraction of sp³-hybridized carbons (Fsp3) is 0.143. The van der Waals surface area contributed by atoms with Gasteiger partial charge in [-0.2, -0.15) is 0 Å². The first-order chi connectivity index (χ1) is 9.88. The zero-order valence-corrected chi connectivity index (χ0v) is 12.0. The Kier molecular flexibility index (Phi) is 4.23. The number of rotatable bonds is 5. The van der Waals surface area contributed by atoms with Crippen molar-refractivity contribution in [3.8, 4) is 0 Å². The summed E-state index contributed by atoms with van der Waals surface area (Å²) in [5.74, 6) is -1.82. The number of hydrogen-bond acceptors (Lipinski definition) is 4. The molecule has 3 N–H and O–H groups in total. The molecule has 7 heteroatoms. The number of nitrogens with two attached hydrogens (primary N) is 1. The molecule has 1 aromatic heterocycles. The van der Waals surface area contributed by atoms with E-state index in [0.29, 0.717) is 5.56 Å². The highest BCUT2D eigenvalue weighted by molar-refractivity contribution is 7.84. The van der Waals surface area contributed by atoms with Gasteiger partial charge in [0.05, 0.1) is 16.6 Å². The van der Waals surface area contributed by atoms with Crippen molar-refractivity contribution in [2.45, 2.75) is 17.8 Å². The lowest BCUT2D eigenvalue weighted by molar-refractivity contribution is 0.0656. The summed E-state index contributed by atoms with van der Waals surface area (Å²) in [7, 11) is -1.50. The first-order valence-corrected chi connectivity index (χ1v) is 7.31. The molecule has 2 rings (SSSR count). The average molecular weight is 307 g/mol. The number of aromatic carboxylic acids is 1. The SMILES string of the molecule is Cc1cc(C(N)=O)ccc1CS(=O)c1ccc(C(=O)O)o1. The van der Waals surface area contributed by atoms with Gasteiger partial charge in [-0.3, -0.25) is 9.00 Å². The summed E-state index contributed by atoms with van der Waals surface area (Å²) in [4.78, 5) is 21.8. The zero-order chi connectivity index (χ0) is 15.6. The van der Waals surface area contributed by atoms with Crippen molar-refractivity contribution < 1.29 is 23.3 Å². The van der Waals surface area contributed by atoms with Crippen LogP contribution in [0.4, 0.5) is 0 Å². The van der Waals surface area contributed by atoms with Crippen LogP contribution >= 0.6 is 0 Å². The maximum atomic E-state index is 12.2. The first-order valence-electron chi connectivity index (χ1n) is 5.99. The molecule has 0 bridgehead atoms. The molecule has 1 heterocycles. The Morgan fingerprint density at radius 1 is 1.29 bits per heavy atom. The Morgan fingerprint density at radius 3 is 2.52 bits per heavy atom. The summed E-state index contributed by atoms with van der Waals surface area (Å²) >= 11 is 0. The molecular formula is C14H13NO5S. The van der Waals surface area contributed by atoms with Crippen LogP contribution in [0.5, 0.6) is 0 Å². The van der Waals surface area contributed by atoms with Crippen LogP contribution in [-0.4, -0.2) is 21.2 Å². The third-order valence-corrected chi connectivity index (χ3v) is 4.17. The number of benzene rings is 1. The predicted molar refractivity (Wildman–Crippen MR) is 75.5 cm³/mol. The van der Waals surface area contributed by atoms with E-state index in [2.05, 4.69) is 0 Å². The number of carbonyl (C=O) groups excluding carboxylic acids is 1. The van der Waals surface area contributed by atoms with Crippen LogP contribution in [0.25, 0.3) is 0 Å². The van der Waals surface area contributed by atoms with Gasteiger partial charge in [-0.25, -0.2) is 4.79 Å². The van der Waals surface area contributed by atoms with Gasteiger partial charge in [0, 0.05) is 5.56 Å². The van der Waals surface area contributed by atoms with Crippen molar-refractivity contribution in [3.05, 3.63) is 52.8 Å². The van der Waals surface area contributed by atoms with E-state index in [0.717, 1.165) is 11.1 Å². The fourth-order valence-corrected chi connectivity index (χ4v) is 2.93. The van der Waals surface area contributed by atoms with E-state index in [1.54, 1.807) is 25.1 Å². The van der Waals surface area contributed by atoms with Gasteiger partial charge in [0.15, 0.2) is 5.09 Å². The van der Waals surface area contributed by atoms with Gasteiger partial charge in [-0.15, -0.1) is 0 Å². The van der Waals surface area contributed by atoms with Crippen LogP contribution in [0.3, 0.4) is 0 Å². The number of hydrogen-bond donors (Lipinski definition) is 2. The molecule has 0 radical (unpaired) electrons. The van der Waals surface area contributed by atoms with Crippen molar-refractivity contribution in [2.75, 3.05) is 0 Å². The Labute approximate surface area is 123 Å². The Hall–Kier alpha value is -2.41. The second kappa shape index (κ2) is 5.92. The largest absolute Gasteiger partial charge is 0.475 e. The van der Waals surface area contributed by atoms with Crippen LogP contribution in [0.15, 0.2) is 39.8 Å². The topological polar surface area (TPSA) is 111 Å². The number of carbonyl (C=O) groups is 2. The highest BCUT2D eigenvalue weighted by Gasteiger charge is 2.15. The van der Waals surface area contributed by atoms with Gasteiger partial charge >= 0.3 is 5.97 Å². The van der Waals surface area contributed by atoms with Gasteiger partial charge in [-0.1, -0.05) is 6.07 Å². The van der Waals surface area contributed by atoms with E-state index in [-0.39, 0.29) is 16.6 Å². The second-order valence-corrected chi connectivity index (χ2v) is 5.80. The Balaban J connectivity index is 2.19. The van der Waals surface area contributed by atoms with Gasteiger partial charge < -0.3 is 15.3 Å². The fourth-order valence-electron chi connectivity index (χ4n) is 1.78. The molecule has 1 atom stereocenters. The maximum absolute atomic E-state index is 12.2. The molecule has 0 aliphatic carbocycles. The minimum atomic E-state index is -1.50. The molecule has 21 heavy (non-hydrogen) atoms. The van der Waals surface area contributed by atoms with Crippen LogP contribution < -0.4 is 5.73 Å². The van der Waals surface area contributed by atoms with Crippen molar-refractivity contribution in [1.82, 2.24) is 0 Å². The summed E-state index contributed by atoms with van der Waals surface area (Å²) in [6, 6.07) is 7.51. The molecule has 0 saturated carbocycles. The number of carboxylic acids is 1. The lowest BCUT2D eigenvalue weighted by Crippen LogP contribution is -2.11. The molecule has 0 saturated heterocycles. The maximum Gasteiger partial charge on any atom is 0.371 e. The quantitative estimate of drug-likeness (QED) is 0.873. The second-order valence-electron chi connectivity index (χ2n) is 4.42. The van der Waals surface area contributed by atoms with Crippen LogP contribution in [0.1, 0.15) is 32.0 Å². The van der Waals surface area contributed by atoms with Crippen molar-refractivity contribution in [1.29, 1.82) is 0 Å². The van der Waals surface area contributed by atoms with Crippen molar-refractivity contribution in [2.24, 2.45) is 5.73 Å². The zero-order valence-electron chi connectivity index (χ0n) is 11.2. The lowest BCUT2D eigenvalue weighted by atomic mass is 10.1. The third-order valence-electron chi connectivity index (χ3n) is 2.93. The molecule has 0 fully saturated rings. The summed E-state index contributed by atoms with van der Waals surface area (Å²) in [6.45, 7) is 1.78. The monoisotopic (exact) mass is 307 g/mol. The van der Waals surface area contributed by atoms with Gasteiger partial charge in [-0.05, 0) is 42.3 Å². The minimum Gasteiger partial charge on any atom is -0.475 e. The smallest absolute Gasteiger partial charge is 0.371 e. The number of amides is 1. The van der Waals surface area contributed by atoms with Crippen molar-refractivity contribution in [3.63, 3.8) is 0 Å². The number of primary amides is 1. The van der Waals surface area contributed by atoms with Crippen LogP contribution in [-0.2, 0) is 16.6 Å². The summed E-state index contributed by atoms with van der Waals surface area (Å²) in [5.41, 5.74) is 7.12. The molecule has 0 aliphatic rings. The normalized spacial score (nSPS) is 12.0. The molecule has 0 aliphatic heterocycles. The standard InChI is InChI=1S/C14H13NO5S/c1-8-6-9(13(15)16)2-3-10(8)7-21(19)12-5-4-11(20-12)14(17)18/h2-6H,7H2,1H3,(H2,15,16)(H,17,18). The molecule has 110 valence electrons. The molecule has 1 aromatic carbocycles. The van der Waals surface area contributed by atoms with E-state index in [4.69, 9.17) is 15.3 Å². The van der Waals surface area contributed by atoms with Crippen molar-refractivity contribution >= 4 is 22.7 Å². The molecule has 2 aromatic rings. The van der Waals surface area contributed by atoms with Crippen LogP contribution in [0.2, 0.25) is 0 Å². The van der Waals surface area contributed by atoms with Gasteiger partial charge in [0.2, 0.25) is 11.7 Å². The molecular weight excluding hydrogens is 294 g/mol. The lowest BCUT2D eigenvalue weighted by Gasteiger charge is -2.06. The molecule has 1 amide bonds. The first kappa shape index (κ1) is 15.0. The van der Waals surface area contributed by atoms with Crippen LogP contribution in [0, 0.1) is 6.92 Å². The number of carboxylic acid groups (broad SMARTS) is 1. The minimum absolute atomic E-state index is 0.103. The third kappa shape index (κ3) is 3.38. The van der Waals surface area contributed by atoms with E-state index in [1.165, 1.54) is 12.1 Å². The van der Waals surface area contributed by atoms with E-state index >= 15 is 0 Å². The average Bonchev–Trinajstić information content (AvgIpc) is 2.90. The predicted octanol–water partition coefficient (Wildman–Crippen LogP) is 1.69. The van der Waals surface area contributed by atoms with Gasteiger partial charge in [0.25, 0.3) is 0 Å². The van der Waals surface area contributed by atoms with E-state index in [9.17, 15) is 13.8 Å². The molecule has 0 spiro atoms. The highest BCUT2D eigenvalue weighted by Crippen LogP contribution is 2.19. The molecule has 1 unspecified atom stereocenters. The highest BCUT2D eigenvalue weighted by atomic mass is 32.2. The molecule has 6 nitrogen and oxygen atoms in total. The summed E-state index contributed by atoms with van der Waals surface area (Å²) in [6.07, 6.45) is 0.